The van der Waals surface area contributed by atoms with Crippen molar-refractivity contribution >= 4 is 40.2 Å². The van der Waals surface area contributed by atoms with E-state index in [1.807, 2.05) is 30.3 Å². The first kappa shape index (κ1) is 44.0. The van der Waals surface area contributed by atoms with Crippen LogP contribution in [-0.2, 0) is 41.5 Å². The molecule has 48 heavy (non-hydrogen) atoms. The summed E-state index contributed by atoms with van der Waals surface area (Å²) in [5, 5.41) is 0. The topological polar surface area (TPSA) is 0 Å². The Morgan fingerprint density at radius 2 is 1.38 bits per heavy atom. The summed E-state index contributed by atoms with van der Waals surface area (Å²) in [6.07, 6.45) is 14.1. The number of benzene rings is 3. The molecular weight excluding hydrogens is 703 g/mol. The van der Waals surface area contributed by atoms with Gasteiger partial charge in [0.05, 0.1) is 0 Å². The van der Waals surface area contributed by atoms with Gasteiger partial charge in [-0.15, -0.1) is 36.4 Å². The molecule has 3 aromatic carbocycles. The number of hydrogen-bond donors (Lipinski definition) is 0. The van der Waals surface area contributed by atoms with Gasteiger partial charge in [-0.25, -0.2) is 11.1 Å². The van der Waals surface area contributed by atoms with Crippen LogP contribution >= 0.6 is 24.8 Å². The molecule has 0 amide bonds. The van der Waals surface area contributed by atoms with Crippen LogP contribution in [0.5, 0.6) is 0 Å². The van der Waals surface area contributed by atoms with Gasteiger partial charge in [0.1, 0.15) is 0 Å². The Labute approximate surface area is 321 Å². The zero-order valence-electron chi connectivity index (χ0n) is 31.4. The fraction of sp³-hybridized carbons (Fsp3) is 0.378. The summed E-state index contributed by atoms with van der Waals surface area (Å²) in [5.41, 5.74) is 17.8. The van der Waals surface area contributed by atoms with E-state index in [0.717, 1.165) is 12.8 Å². The number of hydrogen-bond acceptors (Lipinski definition) is 0. The molecule has 0 bridgehead atoms. The van der Waals surface area contributed by atoms with E-state index in [9.17, 15) is 0 Å². The van der Waals surface area contributed by atoms with Crippen LogP contribution < -0.4 is 0 Å². The Hall–Kier alpha value is -2.05. The van der Waals surface area contributed by atoms with E-state index in [4.69, 9.17) is 0 Å². The Morgan fingerprint density at radius 3 is 1.83 bits per heavy atom. The van der Waals surface area contributed by atoms with Gasteiger partial charge in [0.2, 0.25) is 0 Å². The normalized spacial score (nSPS) is 17.8. The maximum Gasteiger partial charge on any atom is -0.171 e. The average Bonchev–Trinajstić information content (AvgIpc) is 3.68. The van der Waals surface area contributed by atoms with Gasteiger partial charge in [-0.2, -0.15) is 53.6 Å². The molecule has 0 saturated heterocycles. The molecule has 1 atom stereocenters. The number of fused-ring (bicyclic) bond motifs is 5. The van der Waals surface area contributed by atoms with Crippen molar-refractivity contribution in [2.45, 2.75) is 99.8 Å². The monoisotopic (exact) mass is 756 g/mol. The van der Waals surface area contributed by atoms with Gasteiger partial charge in [0.25, 0.3) is 0 Å². The summed E-state index contributed by atoms with van der Waals surface area (Å²) in [5.74, 6) is 0.522. The summed E-state index contributed by atoms with van der Waals surface area (Å²) < 4.78 is 3.34. The molecule has 0 aromatic heterocycles. The summed E-state index contributed by atoms with van der Waals surface area (Å²) in [6.45, 7) is 24.9. The molecule has 0 N–H and O–H groups in total. The Bertz CT molecular complexity index is 1580. The summed E-state index contributed by atoms with van der Waals surface area (Å²) in [6, 6.07) is 22.3. The molecule has 0 fully saturated rings. The second-order valence-corrected chi connectivity index (χ2v) is 14.9. The second-order valence-electron chi connectivity index (χ2n) is 14.9. The van der Waals surface area contributed by atoms with Gasteiger partial charge < -0.3 is 7.43 Å². The molecule has 0 spiro atoms. The molecule has 0 aliphatic heterocycles. The average molecular weight is 759 g/mol. The predicted molar refractivity (Wildman–Crippen MR) is 214 cm³/mol. The molecule has 3 aromatic rings. The van der Waals surface area contributed by atoms with Crippen molar-refractivity contribution in [1.29, 1.82) is 0 Å². The van der Waals surface area contributed by atoms with Crippen LogP contribution in [0.3, 0.4) is 0 Å². The minimum Gasteiger partial charge on any atom is -0.358 e. The van der Waals surface area contributed by atoms with Gasteiger partial charge in [-0.1, -0.05) is 111 Å². The molecule has 0 heterocycles. The maximum atomic E-state index is 3.65. The van der Waals surface area contributed by atoms with E-state index in [0.29, 0.717) is 11.3 Å². The van der Waals surface area contributed by atoms with Gasteiger partial charge in [-0.3, -0.25) is 12.2 Å². The molecule has 3 heteroatoms. The molecule has 4 aliphatic rings. The van der Waals surface area contributed by atoms with E-state index in [2.05, 4.69) is 135 Å². The molecule has 0 radical (unpaired) electrons. The molecule has 0 nitrogen and oxygen atoms in total. The third kappa shape index (κ3) is 9.19. The minimum absolute atomic E-state index is 0. The Balaban J connectivity index is 0.000000422. The SMILES string of the molecule is CC1=[C-]C(C)(C)c2cc3c(cc21)-c1cc2c(cc1C3)C(C)(C)C=C2C.CCC1=[C-]C(C)C=C1C(C)(C)C.Cl.Cl.[CH2]=[Zr].[CH3-].[c-]1ccccc1. The van der Waals surface area contributed by atoms with Crippen LogP contribution in [0.4, 0.5) is 0 Å². The molecule has 258 valence electrons. The molecule has 0 saturated carbocycles. The fourth-order valence-corrected chi connectivity index (χ4v) is 7.36. The van der Waals surface area contributed by atoms with Gasteiger partial charge in [0, 0.05) is 5.41 Å². The Kier molecular flexibility index (Phi) is 15.8. The van der Waals surface area contributed by atoms with Crippen molar-refractivity contribution < 1.29 is 24.2 Å². The van der Waals surface area contributed by atoms with E-state index in [1.165, 1.54) is 91.0 Å². The largest absolute Gasteiger partial charge is 0.358 e. The summed E-state index contributed by atoms with van der Waals surface area (Å²) >= 11 is 1.30. The van der Waals surface area contributed by atoms with Crippen molar-refractivity contribution in [3.8, 4) is 11.1 Å². The Morgan fingerprint density at radius 1 is 0.833 bits per heavy atom. The number of allylic oxidation sites excluding steroid dienone is 8. The first-order chi connectivity index (χ1) is 21.1. The number of rotatable bonds is 1. The van der Waals surface area contributed by atoms with Crippen LogP contribution in [0.1, 0.15) is 116 Å². The van der Waals surface area contributed by atoms with Crippen LogP contribution in [0.15, 0.2) is 77.9 Å². The van der Waals surface area contributed by atoms with Crippen molar-refractivity contribution in [3.63, 3.8) is 0 Å². The van der Waals surface area contributed by atoms with E-state index >= 15 is 0 Å². The smallest absolute Gasteiger partial charge is 0.171 e. The molecule has 7 rings (SSSR count). The van der Waals surface area contributed by atoms with Crippen molar-refractivity contribution in [2.24, 2.45) is 11.3 Å². The zero-order valence-corrected chi connectivity index (χ0v) is 35.5. The molecule has 4 aliphatic carbocycles. The standard InChI is InChI=1S/C25H25.C12H19.C6H5.CH3.CH2.2ClH.Zr/c1-14-12-24(3,4)22-8-16-7-17-9-23-19(15(2)13-25(23,5)6)11-21(17)20(16)10-18(14)22;1-6-10-7-9(2)8-11(10)12(3,4)5;1-2-4-6-5-3-1;;;;;/h8-12H,7H2,1-6H3;8-9H,6H2,1-5H3;1-5H;1H3;1H2;2*1H;/q4*-1;;;;. The van der Waals surface area contributed by atoms with Gasteiger partial charge in [-0.05, 0) is 58.4 Å². The predicted octanol–water partition coefficient (Wildman–Crippen LogP) is 12.9. The summed E-state index contributed by atoms with van der Waals surface area (Å²) in [7, 11) is 0. The maximum absolute atomic E-state index is 3.65. The third-order valence-corrected chi connectivity index (χ3v) is 9.34. The van der Waals surface area contributed by atoms with Gasteiger partial charge in [0.15, 0.2) is 0 Å². The number of halogens is 2. The van der Waals surface area contributed by atoms with Crippen molar-refractivity contribution in [1.82, 2.24) is 0 Å². The van der Waals surface area contributed by atoms with Crippen LogP contribution in [0.25, 0.3) is 22.3 Å². The van der Waals surface area contributed by atoms with Crippen molar-refractivity contribution in [2.75, 3.05) is 0 Å². The van der Waals surface area contributed by atoms with Crippen molar-refractivity contribution in [3.05, 3.63) is 137 Å². The minimum atomic E-state index is 0. The second kappa shape index (κ2) is 17.3. The van der Waals surface area contributed by atoms with E-state index < -0.39 is 0 Å². The molecular formula is C45H56Cl2Zr-4. The first-order valence-corrected chi connectivity index (χ1v) is 18.1. The molecule has 1 unspecified atom stereocenters. The summed E-state index contributed by atoms with van der Waals surface area (Å²) in [4.78, 5) is 0. The first-order valence-electron chi connectivity index (χ1n) is 16.4. The zero-order chi connectivity index (χ0) is 33.3. The van der Waals surface area contributed by atoms with Gasteiger partial charge >= 0.3 is 28.4 Å². The third-order valence-electron chi connectivity index (χ3n) is 9.34. The van der Waals surface area contributed by atoms with E-state index in [1.54, 1.807) is 0 Å². The fourth-order valence-electron chi connectivity index (χ4n) is 7.36. The van der Waals surface area contributed by atoms with E-state index in [-0.39, 0.29) is 43.1 Å². The quantitative estimate of drug-likeness (QED) is 0.170. The van der Waals surface area contributed by atoms with Crippen LogP contribution in [-0.4, -0.2) is 4.21 Å². The van der Waals surface area contributed by atoms with Crippen LogP contribution in [0, 0.1) is 37.0 Å². The van der Waals surface area contributed by atoms with Crippen LogP contribution in [0.2, 0.25) is 0 Å².